The molecule has 16 heteroatoms. The monoisotopic (exact) mass is 812 g/mol. The number of phenolic OH excluding ortho intramolecular Hbond substituents is 1. The minimum Gasteiger partial charge on any atom is -0.508 e. The van der Waals surface area contributed by atoms with Gasteiger partial charge < -0.3 is 46.5 Å². The van der Waals surface area contributed by atoms with Gasteiger partial charge in [0, 0.05) is 43.0 Å². The summed E-state index contributed by atoms with van der Waals surface area (Å²) in [6.07, 6.45) is 3.82. The van der Waals surface area contributed by atoms with Crippen LogP contribution >= 0.6 is 0 Å². The van der Waals surface area contributed by atoms with Crippen LogP contribution in [0.1, 0.15) is 70.9 Å². The maximum absolute atomic E-state index is 14.5. The van der Waals surface area contributed by atoms with Crippen LogP contribution in [0.2, 0.25) is 0 Å². The Kier molecular flexibility index (Phi) is 13.6. The molecule has 7 N–H and O–H groups in total. The van der Waals surface area contributed by atoms with Gasteiger partial charge >= 0.3 is 0 Å². The Bertz CT molecular complexity index is 2050. The highest BCUT2D eigenvalue weighted by Gasteiger charge is 2.42. The number of phenols is 1. The summed E-state index contributed by atoms with van der Waals surface area (Å²) in [6, 6.07) is 7.44. The number of H-pyrrole nitrogens is 1. The van der Waals surface area contributed by atoms with Gasteiger partial charge in [-0.2, -0.15) is 0 Å². The molecule has 4 heterocycles. The molecule has 3 aromatic rings. The number of aromatic amines is 1. The van der Waals surface area contributed by atoms with Gasteiger partial charge in [-0.15, -0.1) is 0 Å². The molecular weight excluding hydrogens is 757 g/mol. The molecule has 316 valence electrons. The van der Waals surface area contributed by atoms with E-state index in [1.54, 1.807) is 32.2 Å². The zero-order valence-corrected chi connectivity index (χ0v) is 34.1. The maximum Gasteiger partial charge on any atom is 0.246 e. The number of fused-ring (bicyclic) bond motifs is 3. The highest BCUT2D eigenvalue weighted by atomic mass is 16.3. The Morgan fingerprint density at radius 1 is 0.678 bits per heavy atom. The molecule has 1 aromatic heterocycles. The van der Waals surface area contributed by atoms with Crippen molar-refractivity contribution in [2.24, 2.45) is 11.8 Å². The lowest BCUT2D eigenvalue weighted by Crippen LogP contribution is -2.60. The van der Waals surface area contributed by atoms with Crippen LogP contribution in [-0.4, -0.2) is 117 Å². The minimum absolute atomic E-state index is 0.000537. The Labute approximate surface area is 343 Å². The zero-order chi connectivity index (χ0) is 42.4. The summed E-state index contributed by atoms with van der Waals surface area (Å²) >= 11 is 0. The molecule has 3 saturated heterocycles. The molecule has 16 nitrogen and oxygen atoms in total. The van der Waals surface area contributed by atoms with E-state index in [9.17, 15) is 38.7 Å². The standard InChI is InChI=1S/C43H56N8O8/c1-24(2)19-31-38(54)48-33(21-27-22-44-30-10-6-5-9-29(27)30)42(58)50-17-7-11-34(50)40(56)45-23-36(53)46-32(20-26-13-15-28(52)16-14-26)39(55)49-37(25(3)4)43(59)51-18-8-12-35(51)41(57)47-31/h5-6,9-10,13-16,22,24-25,31-35,37,44,52H,7-8,11-12,17-21,23H2,1-4H3,(H,45,56)(H,46,53)(H,47,57)(H,48,54)(H,49,55)/t31-,32-,33-,34-,35-,37+/m0/s1. The number of benzene rings is 2. The zero-order valence-electron chi connectivity index (χ0n) is 34.1. The van der Waals surface area contributed by atoms with Gasteiger partial charge in [0.25, 0.3) is 0 Å². The number of para-hydroxylation sites is 1. The Balaban J connectivity index is 1.35. The second kappa shape index (κ2) is 18.8. The van der Waals surface area contributed by atoms with Gasteiger partial charge in [0.2, 0.25) is 41.4 Å². The third kappa shape index (κ3) is 10.2. The van der Waals surface area contributed by atoms with Gasteiger partial charge in [0.1, 0.15) is 42.0 Å². The lowest BCUT2D eigenvalue weighted by Gasteiger charge is -2.32. The van der Waals surface area contributed by atoms with Gasteiger partial charge in [-0.1, -0.05) is 58.0 Å². The molecule has 6 atom stereocenters. The van der Waals surface area contributed by atoms with Crippen LogP contribution in [0.5, 0.6) is 5.75 Å². The number of amides is 7. The second-order valence-electron chi connectivity index (χ2n) is 16.6. The normalized spacial score (nSPS) is 25.6. The van der Waals surface area contributed by atoms with Crippen LogP contribution < -0.4 is 26.6 Å². The largest absolute Gasteiger partial charge is 0.508 e. The van der Waals surface area contributed by atoms with Crippen molar-refractivity contribution in [3.05, 3.63) is 65.9 Å². The van der Waals surface area contributed by atoms with Crippen LogP contribution in [0, 0.1) is 11.8 Å². The van der Waals surface area contributed by atoms with Gasteiger partial charge in [0.15, 0.2) is 0 Å². The first-order valence-electron chi connectivity index (χ1n) is 20.6. The fraction of sp³-hybridized carbons (Fsp3) is 0.512. The summed E-state index contributed by atoms with van der Waals surface area (Å²) < 4.78 is 0. The highest BCUT2D eigenvalue weighted by molar-refractivity contribution is 5.99. The molecule has 0 bridgehead atoms. The number of nitrogens with zero attached hydrogens (tertiary/aromatic N) is 2. The molecule has 2 aromatic carbocycles. The van der Waals surface area contributed by atoms with E-state index in [2.05, 4.69) is 31.6 Å². The minimum atomic E-state index is -1.19. The summed E-state index contributed by atoms with van der Waals surface area (Å²) in [5.74, 6) is -4.39. The fourth-order valence-electron chi connectivity index (χ4n) is 8.32. The Hall–Kier alpha value is -5.93. The smallest absolute Gasteiger partial charge is 0.246 e. The number of hydrogen-bond donors (Lipinski definition) is 7. The van der Waals surface area contributed by atoms with Crippen molar-refractivity contribution in [3.8, 4) is 5.75 Å². The molecule has 3 aliphatic rings. The molecule has 59 heavy (non-hydrogen) atoms. The molecule has 6 rings (SSSR count). The Morgan fingerprint density at radius 3 is 1.98 bits per heavy atom. The first-order valence-corrected chi connectivity index (χ1v) is 20.6. The number of nitrogens with one attached hydrogen (secondary N) is 6. The van der Waals surface area contributed by atoms with Gasteiger partial charge in [0.05, 0.1) is 6.54 Å². The molecule has 3 aliphatic heterocycles. The van der Waals surface area contributed by atoms with Crippen molar-refractivity contribution in [2.45, 2.75) is 109 Å². The van der Waals surface area contributed by atoms with Gasteiger partial charge in [-0.25, -0.2) is 0 Å². The van der Waals surface area contributed by atoms with E-state index in [0.717, 1.165) is 16.5 Å². The van der Waals surface area contributed by atoms with E-state index in [-0.39, 0.29) is 44.0 Å². The van der Waals surface area contributed by atoms with Crippen LogP contribution in [0.4, 0.5) is 0 Å². The first kappa shape index (κ1) is 42.7. The first-order chi connectivity index (χ1) is 28.2. The van der Waals surface area contributed by atoms with E-state index in [1.807, 2.05) is 38.1 Å². The molecule has 0 spiro atoms. The molecule has 0 aliphatic carbocycles. The lowest BCUT2D eigenvalue weighted by atomic mass is 9.99. The number of carbonyl (C=O) groups is 7. The highest BCUT2D eigenvalue weighted by Crippen LogP contribution is 2.25. The van der Waals surface area contributed by atoms with Gasteiger partial charge in [-0.05, 0) is 73.3 Å². The topological polar surface area (TPSA) is 222 Å². The summed E-state index contributed by atoms with van der Waals surface area (Å²) in [6.45, 7) is 7.35. The summed E-state index contributed by atoms with van der Waals surface area (Å²) in [7, 11) is 0. The van der Waals surface area contributed by atoms with Crippen LogP contribution in [0.3, 0.4) is 0 Å². The van der Waals surface area contributed by atoms with E-state index >= 15 is 0 Å². The fourth-order valence-corrected chi connectivity index (χ4v) is 8.32. The number of carbonyl (C=O) groups excluding carboxylic acids is 7. The van der Waals surface area contributed by atoms with E-state index < -0.39 is 90.1 Å². The molecular formula is C43H56N8O8. The van der Waals surface area contributed by atoms with E-state index in [0.29, 0.717) is 31.2 Å². The Morgan fingerprint density at radius 2 is 1.31 bits per heavy atom. The maximum atomic E-state index is 14.5. The van der Waals surface area contributed by atoms with Crippen LogP contribution in [-0.2, 0) is 46.4 Å². The van der Waals surface area contributed by atoms with Crippen molar-refractivity contribution >= 4 is 52.3 Å². The third-order valence-electron chi connectivity index (χ3n) is 11.4. The third-order valence-corrected chi connectivity index (χ3v) is 11.4. The molecule has 7 amide bonds. The van der Waals surface area contributed by atoms with Crippen molar-refractivity contribution in [3.63, 3.8) is 0 Å². The van der Waals surface area contributed by atoms with Crippen molar-refractivity contribution in [1.82, 2.24) is 41.4 Å². The van der Waals surface area contributed by atoms with Crippen LogP contribution in [0.25, 0.3) is 10.9 Å². The molecule has 0 unspecified atom stereocenters. The summed E-state index contributed by atoms with van der Waals surface area (Å²) in [5.41, 5.74) is 2.24. The second-order valence-corrected chi connectivity index (χ2v) is 16.6. The quantitative estimate of drug-likeness (QED) is 0.185. The summed E-state index contributed by atoms with van der Waals surface area (Å²) in [5, 5.41) is 24.7. The SMILES string of the molecule is CC(C)C[C@@H]1NC(=O)[C@@H]2CCCN2C(=O)[C@@H](C(C)C)NC(=O)[C@H](Cc2ccc(O)cc2)NC(=O)CNC(=O)[C@@H]2CCCN2C(=O)[C@H](Cc2c[nH]c3ccccc23)NC1=O. The summed E-state index contributed by atoms with van der Waals surface area (Å²) in [4.78, 5) is 104. The molecule has 0 radical (unpaired) electrons. The number of aromatic hydroxyl groups is 1. The van der Waals surface area contributed by atoms with Crippen LogP contribution in [0.15, 0.2) is 54.7 Å². The average molecular weight is 813 g/mol. The van der Waals surface area contributed by atoms with Crippen molar-refractivity contribution < 1.29 is 38.7 Å². The van der Waals surface area contributed by atoms with Crippen molar-refractivity contribution in [2.75, 3.05) is 19.6 Å². The predicted octanol–water partition coefficient (Wildman–Crippen LogP) is 1.41. The predicted molar refractivity (Wildman–Crippen MR) is 218 cm³/mol. The number of hydrogen-bond acceptors (Lipinski definition) is 8. The van der Waals surface area contributed by atoms with E-state index in [4.69, 9.17) is 0 Å². The number of rotatable bonds is 7. The lowest BCUT2D eigenvalue weighted by molar-refractivity contribution is -0.143. The van der Waals surface area contributed by atoms with E-state index in [1.165, 1.54) is 21.9 Å². The number of aromatic nitrogens is 1. The molecule has 0 saturated carbocycles. The van der Waals surface area contributed by atoms with Gasteiger partial charge in [-0.3, -0.25) is 33.6 Å². The molecule has 3 fully saturated rings. The van der Waals surface area contributed by atoms with Crippen molar-refractivity contribution in [1.29, 1.82) is 0 Å². The average Bonchev–Trinajstić information content (AvgIpc) is 3.99.